The molecule has 0 saturated carbocycles. The number of esters is 1. The van der Waals surface area contributed by atoms with Crippen LogP contribution < -0.4 is 5.32 Å². The van der Waals surface area contributed by atoms with Crippen LogP contribution in [0.1, 0.15) is 12.5 Å². The minimum Gasteiger partial charge on any atom is -0.449 e. The zero-order valence-corrected chi connectivity index (χ0v) is 14.0. The predicted molar refractivity (Wildman–Crippen MR) is 92.7 cm³/mol. The summed E-state index contributed by atoms with van der Waals surface area (Å²) >= 11 is 0. The Balaban J connectivity index is 1.96. The largest absolute Gasteiger partial charge is 0.449 e. The van der Waals surface area contributed by atoms with Gasteiger partial charge < -0.3 is 10.1 Å². The van der Waals surface area contributed by atoms with E-state index >= 15 is 0 Å². The summed E-state index contributed by atoms with van der Waals surface area (Å²) in [5, 5.41) is 13.0. The number of carbonyl (C=O) groups excluding carboxylic acids is 2. The number of benzene rings is 2. The number of carbonyl (C=O) groups is 2. The number of amides is 1. The van der Waals surface area contributed by atoms with Gasteiger partial charge >= 0.3 is 11.7 Å². The average Bonchev–Trinajstić information content (AvgIpc) is 2.61. The lowest BCUT2D eigenvalue weighted by Crippen LogP contribution is -2.29. The second-order valence-corrected chi connectivity index (χ2v) is 5.38. The van der Waals surface area contributed by atoms with Crippen LogP contribution in [0.15, 0.2) is 48.5 Å². The average molecular weight is 376 g/mol. The molecule has 9 heteroatoms. The summed E-state index contributed by atoms with van der Waals surface area (Å²) in [6.07, 6.45) is 1.12. The molecule has 0 aliphatic rings. The van der Waals surface area contributed by atoms with E-state index in [1.807, 2.05) is 0 Å². The van der Waals surface area contributed by atoms with Crippen molar-refractivity contribution in [2.75, 3.05) is 5.32 Å². The van der Waals surface area contributed by atoms with Gasteiger partial charge in [0.05, 0.1) is 4.92 Å². The van der Waals surface area contributed by atoms with Crippen molar-refractivity contribution in [2.24, 2.45) is 0 Å². The van der Waals surface area contributed by atoms with Crippen LogP contribution in [0.5, 0.6) is 0 Å². The Hall–Kier alpha value is -3.62. The van der Waals surface area contributed by atoms with Gasteiger partial charge in [0, 0.05) is 17.8 Å². The molecule has 0 saturated heterocycles. The van der Waals surface area contributed by atoms with Crippen LogP contribution in [0.25, 0.3) is 6.08 Å². The first-order chi connectivity index (χ1) is 12.8. The number of rotatable bonds is 6. The zero-order valence-electron chi connectivity index (χ0n) is 14.0. The molecule has 0 unspecified atom stereocenters. The lowest BCUT2D eigenvalue weighted by atomic mass is 10.2. The zero-order chi connectivity index (χ0) is 20.0. The summed E-state index contributed by atoms with van der Waals surface area (Å²) in [4.78, 5) is 33.5. The summed E-state index contributed by atoms with van der Waals surface area (Å²) in [6.45, 7) is 1.29. The molecule has 7 nitrogen and oxygen atoms in total. The lowest BCUT2D eigenvalue weighted by molar-refractivity contribution is -0.387. The highest BCUT2D eigenvalue weighted by Crippen LogP contribution is 2.21. The maximum atomic E-state index is 13.3. The molecule has 2 aromatic carbocycles. The second kappa shape index (κ2) is 8.65. The maximum absolute atomic E-state index is 13.3. The summed E-state index contributed by atoms with van der Waals surface area (Å²) in [5.74, 6) is -3.11. The fourth-order valence-corrected chi connectivity index (χ4v) is 2.02. The Labute approximate surface area is 152 Å². The molecule has 2 aromatic rings. The first kappa shape index (κ1) is 19.7. The Morgan fingerprint density at radius 1 is 1.22 bits per heavy atom. The van der Waals surface area contributed by atoms with Gasteiger partial charge in [-0.05, 0) is 42.8 Å². The van der Waals surface area contributed by atoms with Gasteiger partial charge in [-0.3, -0.25) is 14.9 Å². The highest BCUT2D eigenvalue weighted by molar-refractivity contribution is 5.96. The van der Waals surface area contributed by atoms with E-state index in [0.29, 0.717) is 5.56 Å². The first-order valence-electron chi connectivity index (χ1n) is 7.65. The summed E-state index contributed by atoms with van der Waals surface area (Å²) in [5.41, 5.74) is -0.385. The fraction of sp³-hybridized carbons (Fsp3) is 0.111. The molecular formula is C18H14F2N2O5. The number of nitrogens with one attached hydrogen (secondary N) is 1. The molecule has 1 amide bonds. The van der Waals surface area contributed by atoms with Crippen molar-refractivity contribution in [3.63, 3.8) is 0 Å². The van der Waals surface area contributed by atoms with Crippen molar-refractivity contribution in [1.29, 1.82) is 0 Å². The SMILES string of the molecule is C[C@H](OC(=O)/C=C/c1cccc(F)c1)C(=O)Nc1ccc(F)c([N+](=O)[O-])c1. The van der Waals surface area contributed by atoms with E-state index < -0.39 is 40.2 Å². The molecule has 0 bridgehead atoms. The van der Waals surface area contributed by atoms with Gasteiger partial charge in [0.15, 0.2) is 6.10 Å². The van der Waals surface area contributed by atoms with Crippen molar-refractivity contribution in [3.05, 3.63) is 75.9 Å². The molecule has 0 radical (unpaired) electrons. The van der Waals surface area contributed by atoms with E-state index in [1.165, 1.54) is 31.2 Å². The fourth-order valence-electron chi connectivity index (χ4n) is 2.02. The van der Waals surface area contributed by atoms with Gasteiger partial charge in [-0.1, -0.05) is 12.1 Å². The van der Waals surface area contributed by atoms with E-state index in [2.05, 4.69) is 5.32 Å². The number of nitrogens with zero attached hydrogens (tertiary/aromatic N) is 1. The van der Waals surface area contributed by atoms with Crippen LogP contribution in [0, 0.1) is 21.7 Å². The summed E-state index contributed by atoms with van der Waals surface area (Å²) < 4.78 is 31.2. The van der Waals surface area contributed by atoms with Crippen molar-refractivity contribution in [2.45, 2.75) is 13.0 Å². The van der Waals surface area contributed by atoms with Crippen LogP contribution in [-0.2, 0) is 14.3 Å². The molecule has 27 heavy (non-hydrogen) atoms. The third-order valence-electron chi connectivity index (χ3n) is 3.33. The molecule has 0 heterocycles. The molecule has 2 rings (SSSR count). The molecule has 0 fully saturated rings. The minimum absolute atomic E-state index is 0.0219. The van der Waals surface area contributed by atoms with Gasteiger partial charge in [-0.25, -0.2) is 9.18 Å². The molecule has 1 atom stereocenters. The van der Waals surface area contributed by atoms with Crippen molar-refractivity contribution < 1.29 is 28.0 Å². The molecule has 140 valence electrons. The normalized spacial score (nSPS) is 11.8. The molecule has 0 aliphatic carbocycles. The van der Waals surface area contributed by atoms with Gasteiger partial charge in [0.25, 0.3) is 5.91 Å². The summed E-state index contributed by atoms with van der Waals surface area (Å²) in [6, 6.07) is 8.34. The van der Waals surface area contributed by atoms with Crippen LogP contribution in [0.4, 0.5) is 20.2 Å². The standard InChI is InChI=1S/C18H14F2N2O5/c1-11(27-17(23)8-5-12-3-2-4-13(19)9-12)18(24)21-14-6-7-15(20)16(10-14)22(25)26/h2-11H,1H3,(H,21,24)/b8-5+/t11-/m0/s1. The topological polar surface area (TPSA) is 98.5 Å². The molecular weight excluding hydrogens is 362 g/mol. The van der Waals surface area contributed by atoms with E-state index in [0.717, 1.165) is 24.3 Å². The predicted octanol–water partition coefficient (Wildman–Crippen LogP) is 3.46. The van der Waals surface area contributed by atoms with Crippen LogP contribution in [-0.4, -0.2) is 22.9 Å². The number of anilines is 1. The number of hydrogen-bond acceptors (Lipinski definition) is 5. The first-order valence-corrected chi connectivity index (χ1v) is 7.65. The third-order valence-corrected chi connectivity index (χ3v) is 3.33. The molecule has 0 aliphatic heterocycles. The second-order valence-electron chi connectivity index (χ2n) is 5.38. The Bertz CT molecular complexity index is 914. The molecule has 0 spiro atoms. The van der Waals surface area contributed by atoms with E-state index in [-0.39, 0.29) is 5.69 Å². The number of hydrogen-bond donors (Lipinski definition) is 1. The van der Waals surface area contributed by atoms with E-state index in [4.69, 9.17) is 4.74 Å². The highest BCUT2D eigenvalue weighted by Gasteiger charge is 2.19. The van der Waals surface area contributed by atoms with Gasteiger partial charge in [-0.15, -0.1) is 0 Å². The van der Waals surface area contributed by atoms with Gasteiger partial charge in [0.2, 0.25) is 5.82 Å². The quantitative estimate of drug-likeness (QED) is 0.360. The van der Waals surface area contributed by atoms with Crippen molar-refractivity contribution in [3.8, 4) is 0 Å². The van der Waals surface area contributed by atoms with Gasteiger partial charge in [0.1, 0.15) is 5.82 Å². The number of nitro benzene ring substituents is 1. The number of ether oxygens (including phenoxy) is 1. The van der Waals surface area contributed by atoms with Crippen LogP contribution in [0.2, 0.25) is 0 Å². The maximum Gasteiger partial charge on any atom is 0.331 e. The monoisotopic (exact) mass is 376 g/mol. The van der Waals surface area contributed by atoms with E-state index in [1.54, 1.807) is 6.07 Å². The van der Waals surface area contributed by atoms with Crippen LogP contribution >= 0.6 is 0 Å². The van der Waals surface area contributed by atoms with Crippen molar-refractivity contribution in [1.82, 2.24) is 0 Å². The number of nitro groups is 1. The highest BCUT2D eigenvalue weighted by atomic mass is 19.1. The van der Waals surface area contributed by atoms with E-state index in [9.17, 15) is 28.5 Å². The number of halogens is 2. The van der Waals surface area contributed by atoms with Gasteiger partial charge in [-0.2, -0.15) is 4.39 Å². The summed E-state index contributed by atoms with van der Waals surface area (Å²) in [7, 11) is 0. The molecule has 1 N–H and O–H groups in total. The van der Waals surface area contributed by atoms with Crippen LogP contribution in [0.3, 0.4) is 0 Å². The minimum atomic E-state index is -1.22. The lowest BCUT2D eigenvalue weighted by Gasteiger charge is -2.12. The Morgan fingerprint density at radius 3 is 2.63 bits per heavy atom. The Morgan fingerprint density at radius 2 is 1.96 bits per heavy atom. The smallest absolute Gasteiger partial charge is 0.331 e. The Kier molecular flexibility index (Phi) is 6.32. The van der Waals surface area contributed by atoms with Crippen molar-refractivity contribution >= 4 is 29.3 Å². The molecule has 0 aromatic heterocycles. The third kappa shape index (κ3) is 5.70.